The van der Waals surface area contributed by atoms with Gasteiger partial charge in [0.15, 0.2) is 5.82 Å². The molecular formula is C23H23N3O5. The van der Waals surface area contributed by atoms with Gasteiger partial charge in [0.1, 0.15) is 18.1 Å². The van der Waals surface area contributed by atoms with Crippen LogP contribution >= 0.6 is 0 Å². The molecule has 8 heteroatoms. The van der Waals surface area contributed by atoms with Gasteiger partial charge < -0.3 is 19.5 Å². The van der Waals surface area contributed by atoms with Gasteiger partial charge in [0.25, 0.3) is 18.2 Å². The van der Waals surface area contributed by atoms with E-state index in [-0.39, 0.29) is 5.91 Å². The van der Waals surface area contributed by atoms with Crippen LogP contribution in [0.1, 0.15) is 35.2 Å². The van der Waals surface area contributed by atoms with Crippen LogP contribution in [-0.2, 0) is 23.2 Å². The van der Waals surface area contributed by atoms with Crippen molar-refractivity contribution in [2.75, 3.05) is 5.32 Å². The first-order chi connectivity index (χ1) is 15.0. The summed E-state index contributed by atoms with van der Waals surface area (Å²) in [5.41, 5.74) is 1.33. The molecule has 1 aromatic heterocycles. The molecule has 31 heavy (non-hydrogen) atoms. The van der Waals surface area contributed by atoms with E-state index in [0.29, 0.717) is 48.8 Å². The molecule has 4 rings (SSSR count). The molecule has 0 radical (unpaired) electrons. The van der Waals surface area contributed by atoms with Crippen LogP contribution in [0.5, 0.6) is 11.5 Å². The number of ether oxygens (including phenoxy) is 3. The Morgan fingerprint density at radius 2 is 1.94 bits per heavy atom. The molecule has 1 saturated carbocycles. The summed E-state index contributed by atoms with van der Waals surface area (Å²) in [6.07, 6.45) is 3.82. The van der Waals surface area contributed by atoms with Gasteiger partial charge in [-0.3, -0.25) is 14.3 Å². The van der Waals surface area contributed by atoms with Gasteiger partial charge in [0.2, 0.25) is 0 Å². The summed E-state index contributed by atoms with van der Waals surface area (Å²) in [6, 6.07) is 16.3. The number of anilines is 1. The van der Waals surface area contributed by atoms with Gasteiger partial charge in [-0.1, -0.05) is 30.3 Å². The number of aryl methyl sites for hydroxylation is 1. The van der Waals surface area contributed by atoms with Gasteiger partial charge in [-0.2, -0.15) is 5.10 Å². The fraction of sp³-hybridized carbons (Fsp3) is 0.261. The Balaban J connectivity index is 1.57. The van der Waals surface area contributed by atoms with E-state index in [1.54, 1.807) is 42.2 Å². The maximum atomic E-state index is 12.8. The maximum absolute atomic E-state index is 12.8. The first kappa shape index (κ1) is 20.5. The second kappa shape index (κ2) is 8.91. The van der Waals surface area contributed by atoms with Crippen molar-refractivity contribution in [3.8, 4) is 11.5 Å². The molecule has 0 unspecified atom stereocenters. The Labute approximate surface area is 179 Å². The monoisotopic (exact) mass is 421 g/mol. The van der Waals surface area contributed by atoms with Crippen LogP contribution in [0.3, 0.4) is 0 Å². The van der Waals surface area contributed by atoms with Crippen molar-refractivity contribution in [3.05, 3.63) is 71.9 Å². The number of benzene rings is 2. The van der Waals surface area contributed by atoms with Crippen LogP contribution in [0.15, 0.2) is 60.8 Å². The minimum Gasteiger partial charge on any atom is -0.489 e. The molecule has 0 bridgehead atoms. The zero-order chi connectivity index (χ0) is 21.7. The molecule has 1 aliphatic carbocycles. The van der Waals surface area contributed by atoms with E-state index in [1.165, 1.54) is 0 Å². The number of hydrogen-bond donors (Lipinski definition) is 1. The number of amides is 1. The number of rotatable bonds is 9. The molecule has 160 valence electrons. The summed E-state index contributed by atoms with van der Waals surface area (Å²) in [4.78, 5) is 23.7. The normalized spacial score (nSPS) is 14.2. The lowest BCUT2D eigenvalue weighted by molar-refractivity contribution is -0.213. The molecule has 0 saturated heterocycles. The van der Waals surface area contributed by atoms with Crippen molar-refractivity contribution < 1.29 is 23.8 Å². The van der Waals surface area contributed by atoms with Crippen molar-refractivity contribution in [3.63, 3.8) is 0 Å². The molecule has 1 aliphatic rings. The third-order valence-electron chi connectivity index (χ3n) is 5.03. The van der Waals surface area contributed by atoms with Crippen LogP contribution in [0.25, 0.3) is 0 Å². The lowest BCUT2D eigenvalue weighted by atomic mass is 9.91. The summed E-state index contributed by atoms with van der Waals surface area (Å²) in [7, 11) is 1.77. The van der Waals surface area contributed by atoms with Gasteiger partial charge in [-0.15, -0.1) is 0 Å². The topological polar surface area (TPSA) is 91.7 Å². The third-order valence-corrected chi connectivity index (χ3v) is 5.03. The van der Waals surface area contributed by atoms with Crippen molar-refractivity contribution in [1.29, 1.82) is 0 Å². The first-order valence-corrected chi connectivity index (χ1v) is 9.99. The van der Waals surface area contributed by atoms with Crippen LogP contribution < -0.4 is 14.8 Å². The molecule has 0 spiro atoms. The number of hydrogen-bond acceptors (Lipinski definition) is 6. The molecule has 1 N–H and O–H groups in total. The number of carbonyl (C=O) groups excluding carboxylic acids is 2. The van der Waals surface area contributed by atoms with Crippen molar-refractivity contribution in [1.82, 2.24) is 9.78 Å². The quantitative estimate of drug-likeness (QED) is 0.419. The highest BCUT2D eigenvalue weighted by atomic mass is 16.7. The molecular weight excluding hydrogens is 398 g/mol. The third kappa shape index (κ3) is 5.03. The van der Waals surface area contributed by atoms with E-state index in [2.05, 4.69) is 10.4 Å². The summed E-state index contributed by atoms with van der Waals surface area (Å²) in [5.74, 6) is -0.0569. The molecule has 3 aromatic rings. The number of carbonyl (C=O) groups is 2. The number of aromatic nitrogens is 2. The van der Waals surface area contributed by atoms with Gasteiger partial charge in [0.05, 0.1) is 0 Å². The fourth-order valence-corrected chi connectivity index (χ4v) is 3.27. The molecule has 8 nitrogen and oxygen atoms in total. The number of nitrogens with one attached hydrogen (secondary N) is 1. The minimum absolute atomic E-state index is 0.335. The highest BCUT2D eigenvalue weighted by Gasteiger charge is 2.42. The van der Waals surface area contributed by atoms with Gasteiger partial charge in [-0.05, 0) is 24.1 Å². The predicted molar refractivity (Wildman–Crippen MR) is 113 cm³/mol. The van der Waals surface area contributed by atoms with Crippen LogP contribution in [0.4, 0.5) is 5.82 Å². The summed E-state index contributed by atoms with van der Waals surface area (Å²) >= 11 is 0. The van der Waals surface area contributed by atoms with Gasteiger partial charge >= 0.3 is 0 Å². The smallest absolute Gasteiger partial charge is 0.296 e. The fourth-order valence-electron chi connectivity index (χ4n) is 3.27. The standard InChI is InChI=1S/C23H23N3O5/c1-26-11-8-21(25-26)24-22(28)18-12-19(29-15-17-6-3-2-4-7-17)14-20(13-18)31-23(30-16-27)9-5-10-23/h2-4,6-8,11-14,16H,5,9-10,15H2,1H3,(H,24,25,28). The lowest BCUT2D eigenvalue weighted by Gasteiger charge is -2.39. The van der Waals surface area contributed by atoms with Crippen molar-refractivity contribution >= 4 is 18.2 Å². The largest absolute Gasteiger partial charge is 0.489 e. The van der Waals surface area contributed by atoms with Crippen LogP contribution in [-0.4, -0.2) is 27.9 Å². The molecule has 1 heterocycles. The van der Waals surface area contributed by atoms with E-state index in [1.807, 2.05) is 30.3 Å². The maximum Gasteiger partial charge on any atom is 0.296 e. The first-order valence-electron chi connectivity index (χ1n) is 9.99. The highest BCUT2D eigenvalue weighted by molar-refractivity contribution is 6.04. The van der Waals surface area contributed by atoms with E-state index in [4.69, 9.17) is 14.2 Å². The van der Waals surface area contributed by atoms with E-state index >= 15 is 0 Å². The lowest BCUT2D eigenvalue weighted by Crippen LogP contribution is -2.45. The average molecular weight is 421 g/mol. The SMILES string of the molecule is Cn1ccc(NC(=O)c2cc(OCc3ccccc3)cc(OC3(OC=O)CCC3)c2)n1. The second-order valence-corrected chi connectivity index (χ2v) is 7.38. The summed E-state index contributed by atoms with van der Waals surface area (Å²) in [5, 5.41) is 6.92. The van der Waals surface area contributed by atoms with Crippen molar-refractivity contribution in [2.24, 2.45) is 7.05 Å². The minimum atomic E-state index is -0.992. The zero-order valence-electron chi connectivity index (χ0n) is 17.1. The summed E-state index contributed by atoms with van der Waals surface area (Å²) in [6.45, 7) is 0.727. The molecule has 0 atom stereocenters. The van der Waals surface area contributed by atoms with Gasteiger partial charge in [0, 0.05) is 43.8 Å². The average Bonchev–Trinajstić information content (AvgIpc) is 3.16. The van der Waals surface area contributed by atoms with E-state index < -0.39 is 5.79 Å². The zero-order valence-corrected chi connectivity index (χ0v) is 17.1. The summed E-state index contributed by atoms with van der Waals surface area (Å²) < 4.78 is 18.7. The Bertz CT molecular complexity index is 1060. The van der Waals surface area contributed by atoms with Crippen LogP contribution in [0, 0.1) is 0 Å². The molecule has 1 amide bonds. The van der Waals surface area contributed by atoms with Gasteiger partial charge in [-0.25, -0.2) is 0 Å². The van der Waals surface area contributed by atoms with Crippen molar-refractivity contribution in [2.45, 2.75) is 31.7 Å². The van der Waals surface area contributed by atoms with E-state index in [9.17, 15) is 9.59 Å². The predicted octanol–water partition coefficient (Wildman–Crippen LogP) is 3.68. The molecule has 2 aromatic carbocycles. The number of nitrogens with zero attached hydrogens (tertiary/aromatic N) is 2. The van der Waals surface area contributed by atoms with E-state index in [0.717, 1.165) is 12.0 Å². The highest BCUT2D eigenvalue weighted by Crippen LogP contribution is 2.38. The molecule has 0 aliphatic heterocycles. The Hall–Kier alpha value is -3.81. The van der Waals surface area contributed by atoms with Crippen LogP contribution in [0.2, 0.25) is 0 Å². The Morgan fingerprint density at radius 1 is 1.16 bits per heavy atom. The Kier molecular flexibility index (Phi) is 5.88. The second-order valence-electron chi connectivity index (χ2n) is 7.38. The Morgan fingerprint density at radius 3 is 2.58 bits per heavy atom. The molecule has 1 fully saturated rings.